The fourth-order valence-corrected chi connectivity index (χ4v) is 2.62. The molecule has 1 heterocycles. The van der Waals surface area contributed by atoms with Crippen molar-refractivity contribution in [2.45, 2.75) is 19.3 Å². The maximum Gasteiger partial charge on any atom is 0.175 e. The van der Waals surface area contributed by atoms with E-state index in [-0.39, 0.29) is 5.78 Å². The van der Waals surface area contributed by atoms with Gasteiger partial charge in [0.2, 0.25) is 0 Å². The van der Waals surface area contributed by atoms with Crippen LogP contribution in [0.4, 0.5) is 0 Å². The van der Waals surface area contributed by atoms with Crippen LogP contribution in [0.1, 0.15) is 19.6 Å². The first-order valence-corrected chi connectivity index (χ1v) is 5.49. The van der Waals surface area contributed by atoms with Gasteiger partial charge in [-0.05, 0) is 43.7 Å². The van der Waals surface area contributed by atoms with Crippen molar-refractivity contribution >= 4 is 21.7 Å². The van der Waals surface area contributed by atoms with Crippen molar-refractivity contribution in [1.82, 2.24) is 0 Å². The molecule has 15 heavy (non-hydrogen) atoms. The largest absolute Gasteiger partial charge is 0.468 e. The third-order valence-electron chi connectivity index (χ3n) is 2.64. The van der Waals surface area contributed by atoms with Gasteiger partial charge in [0.1, 0.15) is 11.2 Å². The molecule has 1 atom stereocenters. The fourth-order valence-electron chi connectivity index (χ4n) is 1.82. The average molecular weight is 267 g/mol. The molecule has 3 heteroatoms. The Balaban J connectivity index is 2.54. The van der Waals surface area contributed by atoms with Gasteiger partial charge in [-0.3, -0.25) is 4.79 Å². The normalized spacial score (nSPS) is 26.2. The molecular formula is C12H11BrO2. The predicted octanol–water partition coefficient (Wildman–Crippen LogP) is 3.35. The highest BCUT2D eigenvalue weighted by Gasteiger charge is 2.38. The lowest BCUT2D eigenvalue weighted by Gasteiger charge is -2.25. The van der Waals surface area contributed by atoms with Gasteiger partial charge in [-0.1, -0.05) is 15.9 Å². The lowest BCUT2D eigenvalue weighted by molar-refractivity contribution is -0.119. The van der Waals surface area contributed by atoms with Gasteiger partial charge in [0.25, 0.3) is 0 Å². The third-order valence-corrected chi connectivity index (χ3v) is 3.10. The summed E-state index contributed by atoms with van der Waals surface area (Å²) < 4.78 is 6.24. The van der Waals surface area contributed by atoms with E-state index in [0.717, 1.165) is 10.1 Å². The number of ketones is 1. The van der Waals surface area contributed by atoms with E-state index in [9.17, 15) is 4.79 Å². The molecule has 0 radical (unpaired) electrons. The number of hydrogen-bond acceptors (Lipinski definition) is 2. The summed E-state index contributed by atoms with van der Waals surface area (Å²) in [6.45, 7) is 3.68. The molecule has 2 rings (SSSR count). The molecule has 1 aromatic heterocycles. The molecule has 1 aliphatic carbocycles. The van der Waals surface area contributed by atoms with Crippen molar-refractivity contribution in [3.8, 4) is 0 Å². The smallest absolute Gasteiger partial charge is 0.175 e. The Morgan fingerprint density at radius 2 is 2.20 bits per heavy atom. The number of hydrogen-bond donors (Lipinski definition) is 0. The summed E-state index contributed by atoms with van der Waals surface area (Å²) >= 11 is 3.41. The molecular weight excluding hydrogens is 256 g/mol. The standard InChI is InChI=1S/C12H11BrO2/c1-8-6-9(13)7-12(2,11(8)14)10-4-3-5-15-10/h3-7H,1-2H3. The minimum atomic E-state index is -0.679. The molecule has 2 nitrogen and oxygen atoms in total. The molecule has 0 saturated carbocycles. The van der Waals surface area contributed by atoms with Crippen LogP contribution in [-0.4, -0.2) is 5.78 Å². The average Bonchev–Trinajstić information content (AvgIpc) is 2.67. The number of carbonyl (C=O) groups excluding carboxylic acids is 1. The molecule has 0 N–H and O–H groups in total. The maximum atomic E-state index is 12.1. The van der Waals surface area contributed by atoms with E-state index in [1.807, 2.05) is 32.1 Å². The molecule has 1 aromatic rings. The highest BCUT2D eigenvalue weighted by Crippen LogP contribution is 2.36. The molecule has 0 saturated heterocycles. The molecule has 0 bridgehead atoms. The van der Waals surface area contributed by atoms with Gasteiger partial charge < -0.3 is 4.42 Å². The SMILES string of the molecule is CC1=CC(Br)=CC(C)(c2ccco2)C1=O. The highest BCUT2D eigenvalue weighted by atomic mass is 79.9. The molecule has 0 fully saturated rings. The van der Waals surface area contributed by atoms with Gasteiger partial charge in [-0.15, -0.1) is 0 Å². The predicted molar refractivity (Wildman–Crippen MR) is 61.8 cm³/mol. The first-order valence-electron chi connectivity index (χ1n) is 4.69. The zero-order valence-electron chi connectivity index (χ0n) is 8.58. The lowest BCUT2D eigenvalue weighted by atomic mass is 9.77. The molecule has 0 spiro atoms. The van der Waals surface area contributed by atoms with Crippen molar-refractivity contribution in [2.75, 3.05) is 0 Å². The van der Waals surface area contributed by atoms with E-state index in [4.69, 9.17) is 4.42 Å². The van der Waals surface area contributed by atoms with E-state index in [1.54, 1.807) is 12.3 Å². The zero-order chi connectivity index (χ0) is 11.1. The van der Waals surface area contributed by atoms with E-state index >= 15 is 0 Å². The number of carbonyl (C=O) groups is 1. The first kappa shape index (κ1) is 10.4. The van der Waals surface area contributed by atoms with Crippen molar-refractivity contribution < 1.29 is 9.21 Å². The lowest BCUT2D eigenvalue weighted by Crippen LogP contribution is -2.32. The number of Topliss-reactive ketones (excluding diaryl/α,β-unsaturated/α-hetero) is 1. The monoisotopic (exact) mass is 266 g/mol. The topological polar surface area (TPSA) is 30.2 Å². The minimum absolute atomic E-state index is 0.0839. The second kappa shape index (κ2) is 3.49. The van der Waals surface area contributed by atoms with Gasteiger partial charge in [-0.2, -0.15) is 0 Å². The van der Waals surface area contributed by atoms with Crippen LogP contribution in [0.2, 0.25) is 0 Å². The minimum Gasteiger partial charge on any atom is -0.468 e. The van der Waals surface area contributed by atoms with Gasteiger partial charge in [0.15, 0.2) is 5.78 Å². The van der Waals surface area contributed by atoms with Crippen molar-refractivity contribution in [2.24, 2.45) is 0 Å². The Kier molecular flexibility index (Phi) is 2.43. The second-order valence-corrected chi connectivity index (χ2v) is 4.78. The third kappa shape index (κ3) is 1.61. The van der Waals surface area contributed by atoms with Crippen LogP contribution in [0.5, 0.6) is 0 Å². The van der Waals surface area contributed by atoms with Gasteiger partial charge in [0.05, 0.1) is 6.26 Å². The molecule has 0 amide bonds. The Morgan fingerprint density at radius 3 is 2.80 bits per heavy atom. The van der Waals surface area contributed by atoms with Crippen molar-refractivity contribution in [1.29, 1.82) is 0 Å². The first-order chi connectivity index (χ1) is 7.04. The van der Waals surface area contributed by atoms with Crippen molar-refractivity contribution in [3.05, 3.63) is 46.4 Å². The fraction of sp³-hybridized carbons (Fsp3) is 0.250. The molecule has 78 valence electrons. The van der Waals surface area contributed by atoms with Gasteiger partial charge in [-0.25, -0.2) is 0 Å². The molecule has 1 aliphatic rings. The summed E-state index contributed by atoms with van der Waals surface area (Å²) in [4.78, 5) is 12.1. The second-order valence-electron chi connectivity index (χ2n) is 3.87. The Hall–Kier alpha value is -1.09. The van der Waals surface area contributed by atoms with E-state index in [2.05, 4.69) is 15.9 Å². The Morgan fingerprint density at radius 1 is 1.47 bits per heavy atom. The summed E-state index contributed by atoms with van der Waals surface area (Å²) in [5, 5.41) is 0. The van der Waals surface area contributed by atoms with E-state index in [0.29, 0.717) is 5.76 Å². The van der Waals surface area contributed by atoms with Gasteiger partial charge >= 0.3 is 0 Å². The summed E-state index contributed by atoms with van der Waals surface area (Å²) in [6, 6.07) is 3.62. The number of rotatable bonds is 1. The molecule has 0 aromatic carbocycles. The zero-order valence-corrected chi connectivity index (χ0v) is 10.2. The van der Waals surface area contributed by atoms with E-state index < -0.39 is 5.41 Å². The quantitative estimate of drug-likeness (QED) is 0.781. The van der Waals surface area contributed by atoms with Crippen LogP contribution in [0.25, 0.3) is 0 Å². The van der Waals surface area contributed by atoms with Crippen molar-refractivity contribution in [3.63, 3.8) is 0 Å². The van der Waals surface area contributed by atoms with Crippen LogP contribution in [0, 0.1) is 0 Å². The van der Waals surface area contributed by atoms with Crippen LogP contribution in [-0.2, 0) is 10.2 Å². The summed E-state index contributed by atoms with van der Waals surface area (Å²) in [7, 11) is 0. The summed E-state index contributed by atoms with van der Waals surface area (Å²) in [5.41, 5.74) is 0.0597. The highest BCUT2D eigenvalue weighted by molar-refractivity contribution is 9.11. The van der Waals surface area contributed by atoms with Gasteiger partial charge in [0, 0.05) is 4.48 Å². The molecule has 1 unspecified atom stereocenters. The number of furan rings is 1. The summed E-state index contributed by atoms with van der Waals surface area (Å²) in [6.07, 6.45) is 5.29. The van der Waals surface area contributed by atoms with Crippen LogP contribution >= 0.6 is 15.9 Å². The van der Waals surface area contributed by atoms with Crippen LogP contribution < -0.4 is 0 Å². The maximum absolute atomic E-state index is 12.1. The van der Waals surface area contributed by atoms with Crippen LogP contribution in [0.15, 0.2) is 45.0 Å². The number of allylic oxidation sites excluding steroid dienone is 4. The molecule has 0 aliphatic heterocycles. The van der Waals surface area contributed by atoms with E-state index in [1.165, 1.54) is 0 Å². The Bertz CT molecular complexity index is 454. The Labute approximate surface area is 96.8 Å². The summed E-state index contributed by atoms with van der Waals surface area (Å²) in [5.74, 6) is 0.762. The van der Waals surface area contributed by atoms with Crippen LogP contribution in [0.3, 0.4) is 0 Å². The number of halogens is 1.